The zero-order valence-corrected chi connectivity index (χ0v) is 16.4. The smallest absolute Gasteiger partial charge is 0.191 e. The first-order valence-electron chi connectivity index (χ1n) is 9.30. The Bertz CT molecular complexity index is 972. The largest absolute Gasteiger partial charge is 0.490 e. The summed E-state index contributed by atoms with van der Waals surface area (Å²) in [5.74, 6) is 2.45. The molecule has 28 heavy (non-hydrogen) atoms. The highest BCUT2D eigenvalue weighted by Gasteiger charge is 2.17. The van der Waals surface area contributed by atoms with Crippen molar-refractivity contribution in [2.24, 2.45) is 0 Å². The highest BCUT2D eigenvalue weighted by atomic mass is 32.2. The summed E-state index contributed by atoms with van der Waals surface area (Å²) in [5, 5.41) is 9.35. The Morgan fingerprint density at radius 2 is 1.86 bits per heavy atom. The number of nitrogens with zero attached hydrogens (tertiary/aromatic N) is 3. The van der Waals surface area contributed by atoms with Crippen molar-refractivity contribution in [3.8, 4) is 22.9 Å². The van der Waals surface area contributed by atoms with Gasteiger partial charge in [0.2, 0.25) is 0 Å². The molecule has 1 aliphatic heterocycles. The molecule has 0 bridgehead atoms. The zero-order valence-electron chi connectivity index (χ0n) is 15.6. The first-order valence-corrected chi connectivity index (χ1v) is 10.3. The van der Waals surface area contributed by atoms with Gasteiger partial charge in [0.05, 0.1) is 19.0 Å². The van der Waals surface area contributed by atoms with Crippen molar-refractivity contribution in [2.75, 3.05) is 19.0 Å². The number of Topliss-reactive ketones (excluding diaryl/α,β-unsaturated/α-hetero) is 1. The molecule has 0 atom stereocenters. The maximum absolute atomic E-state index is 12.7. The van der Waals surface area contributed by atoms with Gasteiger partial charge >= 0.3 is 0 Å². The molecule has 4 rings (SSSR count). The third-order valence-corrected chi connectivity index (χ3v) is 5.43. The van der Waals surface area contributed by atoms with Crippen molar-refractivity contribution >= 4 is 17.5 Å². The SMILES string of the molecule is CCn1c(SCC(=O)c2ccc3c(c2)OCCCO3)nnc1-c1ccccc1. The maximum atomic E-state index is 12.7. The van der Waals surface area contributed by atoms with Crippen LogP contribution in [0.15, 0.2) is 53.7 Å². The third-order valence-electron chi connectivity index (χ3n) is 4.47. The van der Waals surface area contributed by atoms with Crippen molar-refractivity contribution in [2.45, 2.75) is 25.0 Å². The van der Waals surface area contributed by atoms with Gasteiger partial charge in [-0.3, -0.25) is 4.79 Å². The Morgan fingerprint density at radius 1 is 1.07 bits per heavy atom. The van der Waals surface area contributed by atoms with Gasteiger partial charge in [-0.1, -0.05) is 42.1 Å². The van der Waals surface area contributed by atoms with Crippen LogP contribution in [0.25, 0.3) is 11.4 Å². The van der Waals surface area contributed by atoms with Crippen LogP contribution < -0.4 is 9.47 Å². The van der Waals surface area contributed by atoms with E-state index in [1.807, 2.05) is 41.8 Å². The van der Waals surface area contributed by atoms with Crippen molar-refractivity contribution in [1.29, 1.82) is 0 Å². The summed E-state index contributed by atoms with van der Waals surface area (Å²) in [6.45, 7) is 4.01. The minimum atomic E-state index is 0.0209. The molecule has 7 heteroatoms. The molecule has 144 valence electrons. The van der Waals surface area contributed by atoms with Gasteiger partial charge in [-0.15, -0.1) is 10.2 Å². The Balaban J connectivity index is 1.48. The van der Waals surface area contributed by atoms with Crippen molar-refractivity contribution < 1.29 is 14.3 Å². The number of fused-ring (bicyclic) bond motifs is 1. The highest BCUT2D eigenvalue weighted by molar-refractivity contribution is 7.99. The lowest BCUT2D eigenvalue weighted by molar-refractivity contribution is 0.102. The molecule has 0 fully saturated rings. The van der Waals surface area contributed by atoms with E-state index in [1.54, 1.807) is 18.2 Å². The lowest BCUT2D eigenvalue weighted by Crippen LogP contribution is -2.06. The number of aromatic nitrogens is 3. The number of hydrogen-bond acceptors (Lipinski definition) is 6. The molecule has 0 N–H and O–H groups in total. The predicted molar refractivity (Wildman–Crippen MR) is 108 cm³/mol. The fourth-order valence-electron chi connectivity index (χ4n) is 3.03. The molecular formula is C21H21N3O3S. The quantitative estimate of drug-likeness (QED) is 0.462. The first-order chi connectivity index (χ1) is 13.8. The van der Waals surface area contributed by atoms with Gasteiger partial charge in [0.1, 0.15) is 0 Å². The van der Waals surface area contributed by atoms with E-state index in [0.717, 1.165) is 29.5 Å². The van der Waals surface area contributed by atoms with Crippen LogP contribution in [0.4, 0.5) is 0 Å². The van der Waals surface area contributed by atoms with Gasteiger partial charge in [0, 0.05) is 24.1 Å². The average molecular weight is 395 g/mol. The van der Waals surface area contributed by atoms with Crippen molar-refractivity contribution in [1.82, 2.24) is 14.8 Å². The molecule has 0 radical (unpaired) electrons. The molecule has 0 saturated carbocycles. The summed E-state index contributed by atoms with van der Waals surface area (Å²) in [4.78, 5) is 12.7. The van der Waals surface area contributed by atoms with Crippen LogP contribution >= 0.6 is 11.8 Å². The molecule has 1 aromatic heterocycles. The van der Waals surface area contributed by atoms with Crippen LogP contribution in [-0.2, 0) is 6.54 Å². The number of rotatable bonds is 6. The molecule has 0 spiro atoms. The van der Waals surface area contributed by atoms with Crippen LogP contribution in [0, 0.1) is 0 Å². The Labute approximate surface area is 167 Å². The Hall–Kier alpha value is -2.80. The third kappa shape index (κ3) is 3.89. The van der Waals surface area contributed by atoms with Gasteiger partial charge in [-0.05, 0) is 25.1 Å². The summed E-state index contributed by atoms with van der Waals surface area (Å²) in [5.41, 5.74) is 1.63. The second kappa shape index (κ2) is 8.48. The van der Waals surface area contributed by atoms with E-state index in [9.17, 15) is 4.79 Å². The number of carbonyl (C=O) groups excluding carboxylic acids is 1. The number of hydrogen-bond donors (Lipinski definition) is 0. The normalized spacial score (nSPS) is 13.2. The van der Waals surface area contributed by atoms with Gasteiger partial charge in [-0.2, -0.15) is 0 Å². The number of thioether (sulfide) groups is 1. The molecule has 2 aromatic carbocycles. The molecule has 1 aliphatic rings. The average Bonchev–Trinajstić information content (AvgIpc) is 3.01. The van der Waals surface area contributed by atoms with E-state index < -0.39 is 0 Å². The minimum Gasteiger partial charge on any atom is -0.490 e. The lowest BCUT2D eigenvalue weighted by Gasteiger charge is -2.09. The van der Waals surface area contributed by atoms with Crippen molar-refractivity contribution in [3.05, 3.63) is 54.1 Å². The fourth-order valence-corrected chi connectivity index (χ4v) is 3.93. The molecule has 3 aromatic rings. The topological polar surface area (TPSA) is 66.2 Å². The molecule has 6 nitrogen and oxygen atoms in total. The molecule has 2 heterocycles. The molecule has 0 aliphatic carbocycles. The summed E-state index contributed by atoms with van der Waals surface area (Å²) >= 11 is 1.40. The van der Waals surface area contributed by atoms with Gasteiger partial charge in [0.15, 0.2) is 28.3 Å². The minimum absolute atomic E-state index is 0.0209. The van der Waals surface area contributed by atoms with Gasteiger partial charge in [-0.25, -0.2) is 0 Å². The monoisotopic (exact) mass is 395 g/mol. The van der Waals surface area contributed by atoms with Gasteiger partial charge in [0.25, 0.3) is 0 Å². The van der Waals surface area contributed by atoms with E-state index in [0.29, 0.717) is 30.3 Å². The molecule has 0 amide bonds. The van der Waals surface area contributed by atoms with Gasteiger partial charge < -0.3 is 14.0 Å². The number of ether oxygens (including phenoxy) is 2. The Kier molecular flexibility index (Phi) is 5.62. The molecule has 0 saturated heterocycles. The van der Waals surface area contributed by atoms with E-state index >= 15 is 0 Å². The van der Waals surface area contributed by atoms with E-state index in [-0.39, 0.29) is 11.5 Å². The van der Waals surface area contributed by atoms with E-state index in [2.05, 4.69) is 10.2 Å². The maximum Gasteiger partial charge on any atom is 0.191 e. The first kappa shape index (κ1) is 18.6. The summed E-state index contributed by atoms with van der Waals surface area (Å²) in [6, 6.07) is 15.3. The molecular weight excluding hydrogens is 374 g/mol. The van der Waals surface area contributed by atoms with Crippen LogP contribution in [-0.4, -0.2) is 39.5 Å². The van der Waals surface area contributed by atoms with E-state index in [4.69, 9.17) is 9.47 Å². The number of carbonyl (C=O) groups is 1. The standard InChI is InChI=1S/C21H21N3O3S/c1-2-24-20(15-7-4-3-5-8-15)22-23-21(24)28-14-17(25)16-9-10-18-19(13-16)27-12-6-11-26-18/h3-5,7-10,13H,2,6,11-12,14H2,1H3. The number of benzene rings is 2. The van der Waals surface area contributed by atoms with Crippen LogP contribution in [0.3, 0.4) is 0 Å². The lowest BCUT2D eigenvalue weighted by atomic mass is 10.1. The fraction of sp³-hybridized carbons (Fsp3) is 0.286. The number of ketones is 1. The second-order valence-electron chi connectivity index (χ2n) is 6.34. The molecule has 0 unspecified atom stereocenters. The highest BCUT2D eigenvalue weighted by Crippen LogP contribution is 2.31. The zero-order chi connectivity index (χ0) is 19.3. The van der Waals surface area contributed by atoms with Crippen LogP contribution in [0.1, 0.15) is 23.7 Å². The van der Waals surface area contributed by atoms with E-state index in [1.165, 1.54) is 11.8 Å². The van der Waals surface area contributed by atoms with Crippen molar-refractivity contribution in [3.63, 3.8) is 0 Å². The predicted octanol–water partition coefficient (Wildman–Crippen LogP) is 4.10. The summed E-state index contributed by atoms with van der Waals surface area (Å²) in [6.07, 6.45) is 0.838. The Morgan fingerprint density at radius 3 is 2.64 bits per heavy atom. The summed E-state index contributed by atoms with van der Waals surface area (Å²) in [7, 11) is 0. The summed E-state index contributed by atoms with van der Waals surface area (Å²) < 4.78 is 13.3. The van der Waals surface area contributed by atoms with Crippen LogP contribution in [0.2, 0.25) is 0 Å². The van der Waals surface area contributed by atoms with Crippen LogP contribution in [0.5, 0.6) is 11.5 Å². The second-order valence-corrected chi connectivity index (χ2v) is 7.28.